The smallest absolute Gasteiger partial charge is 0.231 e. The molecule has 1 aromatic rings. The molecule has 19 heavy (non-hydrogen) atoms. The van der Waals surface area contributed by atoms with Crippen molar-refractivity contribution in [3.63, 3.8) is 0 Å². The molecule has 0 atom stereocenters. The van der Waals surface area contributed by atoms with Crippen LogP contribution in [0.15, 0.2) is 16.6 Å². The van der Waals surface area contributed by atoms with Crippen LogP contribution in [0.1, 0.15) is 5.56 Å². The molecule has 106 valence electrons. The van der Waals surface area contributed by atoms with Crippen molar-refractivity contribution in [2.75, 3.05) is 26.6 Å². The van der Waals surface area contributed by atoms with Crippen LogP contribution >= 0.6 is 15.9 Å². The Kier molecular flexibility index (Phi) is 4.64. The van der Waals surface area contributed by atoms with E-state index in [-0.39, 0.29) is 26.6 Å². The van der Waals surface area contributed by atoms with Crippen LogP contribution in [-0.2, 0) is 6.54 Å². The van der Waals surface area contributed by atoms with Gasteiger partial charge in [-0.1, -0.05) is 0 Å². The molecule has 6 nitrogen and oxygen atoms in total. The number of aliphatic hydroxyl groups is 3. The summed E-state index contributed by atoms with van der Waals surface area (Å²) >= 11 is 3.39. The lowest BCUT2D eigenvalue weighted by molar-refractivity contribution is 0.0414. The van der Waals surface area contributed by atoms with E-state index in [2.05, 4.69) is 21.2 Å². The number of halogens is 1. The molecule has 0 aromatic heterocycles. The first-order valence-corrected chi connectivity index (χ1v) is 6.59. The number of aliphatic hydroxyl groups excluding tert-OH is 3. The van der Waals surface area contributed by atoms with E-state index < -0.39 is 5.54 Å². The van der Waals surface area contributed by atoms with E-state index in [0.717, 1.165) is 10.0 Å². The van der Waals surface area contributed by atoms with Crippen LogP contribution in [0.5, 0.6) is 11.5 Å². The van der Waals surface area contributed by atoms with Gasteiger partial charge < -0.3 is 30.1 Å². The van der Waals surface area contributed by atoms with Gasteiger partial charge in [-0.25, -0.2) is 0 Å². The van der Waals surface area contributed by atoms with Crippen LogP contribution in [0, 0.1) is 0 Å². The number of nitrogens with one attached hydrogen (secondary N) is 1. The molecule has 1 aliphatic rings. The lowest BCUT2D eigenvalue weighted by Crippen LogP contribution is -2.54. The summed E-state index contributed by atoms with van der Waals surface area (Å²) in [6.07, 6.45) is 0. The second-order valence-corrected chi connectivity index (χ2v) is 5.27. The van der Waals surface area contributed by atoms with Gasteiger partial charge in [0.25, 0.3) is 0 Å². The zero-order chi connectivity index (χ0) is 13.9. The summed E-state index contributed by atoms with van der Waals surface area (Å²) in [4.78, 5) is 0. The fraction of sp³-hybridized carbons (Fsp3) is 0.500. The Morgan fingerprint density at radius 1 is 1.16 bits per heavy atom. The Morgan fingerprint density at radius 3 is 2.47 bits per heavy atom. The maximum Gasteiger partial charge on any atom is 0.231 e. The molecule has 1 aliphatic heterocycles. The van der Waals surface area contributed by atoms with Crippen LogP contribution in [0.3, 0.4) is 0 Å². The van der Waals surface area contributed by atoms with Gasteiger partial charge in [0.2, 0.25) is 6.79 Å². The summed E-state index contributed by atoms with van der Waals surface area (Å²) in [5.74, 6) is 1.32. The summed E-state index contributed by atoms with van der Waals surface area (Å²) in [7, 11) is 0. The first-order chi connectivity index (χ1) is 9.14. The molecule has 0 spiro atoms. The zero-order valence-corrected chi connectivity index (χ0v) is 11.8. The number of ether oxygens (including phenoxy) is 2. The molecule has 0 saturated heterocycles. The van der Waals surface area contributed by atoms with E-state index in [1.165, 1.54) is 0 Å². The van der Waals surface area contributed by atoms with E-state index in [4.69, 9.17) is 9.47 Å². The number of hydrogen-bond acceptors (Lipinski definition) is 6. The van der Waals surface area contributed by atoms with E-state index in [1.54, 1.807) is 0 Å². The zero-order valence-electron chi connectivity index (χ0n) is 10.2. The fourth-order valence-corrected chi connectivity index (χ4v) is 2.33. The third-order valence-electron chi connectivity index (χ3n) is 3.06. The molecule has 0 fully saturated rings. The monoisotopic (exact) mass is 333 g/mol. The molecule has 0 unspecified atom stereocenters. The van der Waals surface area contributed by atoms with Gasteiger partial charge in [-0.05, 0) is 33.6 Å². The molecule has 1 heterocycles. The minimum atomic E-state index is -1.09. The molecular weight excluding hydrogens is 318 g/mol. The van der Waals surface area contributed by atoms with Crippen LogP contribution in [-0.4, -0.2) is 47.5 Å². The Balaban J connectivity index is 2.10. The predicted molar refractivity (Wildman–Crippen MR) is 71.1 cm³/mol. The van der Waals surface area contributed by atoms with Crippen LogP contribution < -0.4 is 14.8 Å². The van der Waals surface area contributed by atoms with Crippen molar-refractivity contribution in [2.24, 2.45) is 0 Å². The van der Waals surface area contributed by atoms with Gasteiger partial charge in [0.1, 0.15) is 0 Å². The number of rotatable bonds is 6. The number of hydrogen-bond donors (Lipinski definition) is 4. The van der Waals surface area contributed by atoms with Gasteiger partial charge >= 0.3 is 0 Å². The second kappa shape index (κ2) is 6.06. The van der Waals surface area contributed by atoms with Gasteiger partial charge in [-0.15, -0.1) is 0 Å². The SMILES string of the molecule is OCC(CO)(CO)NCc1cc(Br)c2c(c1)OCO2. The molecule has 0 bridgehead atoms. The average Bonchev–Trinajstić information content (AvgIpc) is 2.90. The molecule has 0 amide bonds. The summed E-state index contributed by atoms with van der Waals surface area (Å²) in [5, 5.41) is 30.6. The highest BCUT2D eigenvalue weighted by Crippen LogP contribution is 2.39. The molecule has 4 N–H and O–H groups in total. The van der Waals surface area contributed by atoms with Gasteiger partial charge in [-0.2, -0.15) is 0 Å². The topological polar surface area (TPSA) is 91.2 Å². The lowest BCUT2D eigenvalue weighted by Gasteiger charge is -2.28. The van der Waals surface area contributed by atoms with Crippen LogP contribution in [0.25, 0.3) is 0 Å². The molecule has 2 rings (SSSR count). The lowest BCUT2D eigenvalue weighted by atomic mass is 10.0. The maximum atomic E-state index is 9.23. The highest BCUT2D eigenvalue weighted by molar-refractivity contribution is 9.10. The summed E-state index contributed by atoms with van der Waals surface area (Å²) in [5.41, 5.74) is -0.209. The van der Waals surface area contributed by atoms with Crippen molar-refractivity contribution in [3.05, 3.63) is 22.2 Å². The van der Waals surface area contributed by atoms with Crippen molar-refractivity contribution in [3.8, 4) is 11.5 Å². The van der Waals surface area contributed by atoms with Crippen LogP contribution in [0.4, 0.5) is 0 Å². The van der Waals surface area contributed by atoms with Gasteiger partial charge in [0.05, 0.1) is 29.8 Å². The van der Waals surface area contributed by atoms with E-state index in [9.17, 15) is 15.3 Å². The standard InChI is InChI=1S/C12H16BrNO5/c13-9-1-8(2-10-11(9)19-7-18-10)3-14-12(4-15,5-16)6-17/h1-2,14-17H,3-7H2. The molecule has 0 aliphatic carbocycles. The minimum Gasteiger partial charge on any atom is -0.454 e. The highest BCUT2D eigenvalue weighted by atomic mass is 79.9. The predicted octanol–water partition coefficient (Wildman–Crippen LogP) is -0.0169. The summed E-state index contributed by atoms with van der Waals surface area (Å²) in [6.45, 7) is -0.501. The Bertz CT molecular complexity index is 442. The Morgan fingerprint density at radius 2 is 1.84 bits per heavy atom. The fourth-order valence-electron chi connectivity index (χ4n) is 1.73. The van der Waals surface area contributed by atoms with Crippen molar-refractivity contribution in [2.45, 2.75) is 12.1 Å². The minimum absolute atomic E-state index is 0.193. The third kappa shape index (κ3) is 3.01. The van der Waals surface area contributed by atoms with Crippen molar-refractivity contribution < 1.29 is 24.8 Å². The molecule has 0 radical (unpaired) electrons. The maximum absolute atomic E-state index is 9.23. The second-order valence-electron chi connectivity index (χ2n) is 4.42. The first-order valence-electron chi connectivity index (χ1n) is 5.80. The van der Waals surface area contributed by atoms with Crippen molar-refractivity contribution in [1.82, 2.24) is 5.32 Å². The Hall–Kier alpha value is -0.860. The van der Waals surface area contributed by atoms with Gasteiger partial charge in [0, 0.05) is 6.54 Å². The molecule has 1 aromatic carbocycles. The van der Waals surface area contributed by atoms with Crippen LogP contribution in [0.2, 0.25) is 0 Å². The van der Waals surface area contributed by atoms with Crippen molar-refractivity contribution >= 4 is 15.9 Å². The highest BCUT2D eigenvalue weighted by Gasteiger charge is 2.27. The summed E-state index contributed by atoms with van der Waals surface area (Å²) < 4.78 is 11.4. The van der Waals surface area contributed by atoms with E-state index in [1.807, 2.05) is 12.1 Å². The Labute approximate surface area is 119 Å². The molecule has 7 heteroatoms. The largest absolute Gasteiger partial charge is 0.454 e. The van der Waals surface area contributed by atoms with E-state index >= 15 is 0 Å². The van der Waals surface area contributed by atoms with Crippen molar-refractivity contribution in [1.29, 1.82) is 0 Å². The first kappa shape index (κ1) is 14.5. The quantitative estimate of drug-likeness (QED) is 0.585. The van der Waals surface area contributed by atoms with E-state index in [0.29, 0.717) is 18.0 Å². The molecular formula is C12H16BrNO5. The number of fused-ring (bicyclic) bond motifs is 1. The van der Waals surface area contributed by atoms with Gasteiger partial charge in [0.15, 0.2) is 11.5 Å². The number of benzene rings is 1. The van der Waals surface area contributed by atoms with Gasteiger partial charge in [-0.3, -0.25) is 0 Å². The molecule has 0 saturated carbocycles. The normalized spacial score (nSPS) is 13.9. The third-order valence-corrected chi connectivity index (χ3v) is 3.65. The summed E-state index contributed by atoms with van der Waals surface area (Å²) in [6, 6.07) is 3.67. The average molecular weight is 334 g/mol.